The normalized spacial score (nSPS) is 12.2. The first-order valence-corrected chi connectivity index (χ1v) is 9.85. The fourth-order valence-corrected chi connectivity index (χ4v) is 3.74. The maximum atomic E-state index is 12.7. The molecule has 148 valence electrons. The average molecular weight is 409 g/mol. The molecule has 4 aromatic rings. The Kier molecular flexibility index (Phi) is 4.93. The van der Waals surface area contributed by atoms with Crippen molar-refractivity contribution in [3.8, 4) is 5.69 Å². The van der Waals surface area contributed by atoms with Gasteiger partial charge in [0.25, 0.3) is 0 Å². The number of H-pyrrole nitrogens is 2. The van der Waals surface area contributed by atoms with Gasteiger partial charge in [-0.25, -0.2) is 4.79 Å². The van der Waals surface area contributed by atoms with Crippen molar-refractivity contribution in [1.29, 1.82) is 0 Å². The van der Waals surface area contributed by atoms with Crippen molar-refractivity contribution in [3.63, 3.8) is 0 Å². The molecular weight excluding hydrogens is 390 g/mol. The van der Waals surface area contributed by atoms with Crippen LogP contribution in [0.4, 0.5) is 5.69 Å². The molecule has 1 atom stereocenters. The highest BCUT2D eigenvalue weighted by Gasteiger charge is 2.20. The topological polar surface area (TPSA) is 121 Å². The van der Waals surface area contributed by atoms with Crippen molar-refractivity contribution in [3.05, 3.63) is 58.0 Å². The lowest BCUT2D eigenvalue weighted by Gasteiger charge is -2.13. The predicted octanol–water partition coefficient (Wildman–Crippen LogP) is 2.57. The molecule has 0 saturated carbocycles. The van der Waals surface area contributed by atoms with Crippen molar-refractivity contribution >= 4 is 34.4 Å². The smallest absolute Gasteiger partial charge is 0.323 e. The Morgan fingerprint density at radius 2 is 1.97 bits per heavy atom. The largest absolute Gasteiger partial charge is 0.325 e. The van der Waals surface area contributed by atoms with Gasteiger partial charge in [0.2, 0.25) is 11.1 Å². The number of benzene rings is 2. The van der Waals surface area contributed by atoms with Crippen LogP contribution in [0.2, 0.25) is 0 Å². The molecule has 10 heteroatoms. The fraction of sp³-hybridized carbons (Fsp3) is 0.211. The van der Waals surface area contributed by atoms with Gasteiger partial charge in [0, 0.05) is 5.69 Å². The maximum absolute atomic E-state index is 12.7. The fourth-order valence-electron chi connectivity index (χ4n) is 2.93. The van der Waals surface area contributed by atoms with E-state index in [1.165, 1.54) is 11.8 Å². The third kappa shape index (κ3) is 3.79. The second kappa shape index (κ2) is 7.55. The SMILES string of the molecule is Cc1cccc(-n2nnnc2SC(C)C(=O)Nc2ccc3[nH]c(=O)[nH]c3c2)c1C. The summed E-state index contributed by atoms with van der Waals surface area (Å²) >= 11 is 1.27. The number of nitrogens with one attached hydrogen (secondary N) is 3. The molecule has 9 nitrogen and oxygen atoms in total. The highest BCUT2D eigenvalue weighted by molar-refractivity contribution is 8.00. The van der Waals surface area contributed by atoms with E-state index in [0.717, 1.165) is 16.8 Å². The molecule has 3 N–H and O–H groups in total. The number of tetrazole rings is 1. The highest BCUT2D eigenvalue weighted by atomic mass is 32.2. The molecule has 29 heavy (non-hydrogen) atoms. The van der Waals surface area contributed by atoms with Crippen molar-refractivity contribution in [2.24, 2.45) is 0 Å². The molecular formula is C19H19N7O2S. The number of hydrogen-bond donors (Lipinski definition) is 3. The molecule has 1 unspecified atom stereocenters. The summed E-state index contributed by atoms with van der Waals surface area (Å²) in [5.74, 6) is -0.192. The Labute approximate surface area is 169 Å². The third-order valence-corrected chi connectivity index (χ3v) is 5.71. The molecule has 0 saturated heterocycles. The number of hydrogen-bond acceptors (Lipinski definition) is 6. The molecule has 0 fully saturated rings. The number of aromatic amines is 2. The number of carbonyl (C=O) groups is 1. The number of carbonyl (C=O) groups excluding carboxylic acids is 1. The zero-order chi connectivity index (χ0) is 20.5. The molecule has 0 aliphatic carbocycles. The van der Waals surface area contributed by atoms with Crippen LogP contribution in [0.3, 0.4) is 0 Å². The van der Waals surface area contributed by atoms with E-state index < -0.39 is 5.25 Å². The molecule has 2 heterocycles. The first-order chi connectivity index (χ1) is 13.9. The Morgan fingerprint density at radius 1 is 1.17 bits per heavy atom. The van der Waals surface area contributed by atoms with E-state index in [1.54, 1.807) is 29.8 Å². The summed E-state index contributed by atoms with van der Waals surface area (Å²) < 4.78 is 1.65. The zero-order valence-corrected chi connectivity index (χ0v) is 16.9. The van der Waals surface area contributed by atoms with E-state index >= 15 is 0 Å². The molecule has 1 amide bonds. The number of amides is 1. The van der Waals surface area contributed by atoms with Gasteiger partial charge >= 0.3 is 5.69 Å². The van der Waals surface area contributed by atoms with Crippen molar-refractivity contribution in [1.82, 2.24) is 30.2 Å². The van der Waals surface area contributed by atoms with Crippen molar-refractivity contribution in [2.45, 2.75) is 31.2 Å². The molecule has 0 aliphatic rings. The van der Waals surface area contributed by atoms with Gasteiger partial charge < -0.3 is 15.3 Å². The second-order valence-corrected chi connectivity index (χ2v) is 7.99. The standard InChI is InChI=1S/C19H19N7O2S/c1-10-5-4-6-16(11(10)2)26-19(23-24-25-26)29-12(3)17(27)20-13-7-8-14-15(9-13)22-18(28)21-14/h4-9,12H,1-3H3,(H,20,27)(H2,21,22,28). The van der Waals surface area contributed by atoms with E-state index in [2.05, 4.69) is 30.8 Å². The summed E-state index contributed by atoms with van der Waals surface area (Å²) in [5, 5.41) is 14.9. The van der Waals surface area contributed by atoms with Gasteiger partial charge in [-0.3, -0.25) is 4.79 Å². The van der Waals surface area contributed by atoms with Crippen LogP contribution in [0.5, 0.6) is 0 Å². The summed E-state index contributed by atoms with van der Waals surface area (Å²) in [6.45, 7) is 5.83. The number of fused-ring (bicyclic) bond motifs is 1. The molecule has 4 rings (SSSR count). The summed E-state index contributed by atoms with van der Waals surface area (Å²) in [5.41, 5.74) is 4.72. The van der Waals surface area contributed by atoms with Crippen molar-refractivity contribution < 1.29 is 4.79 Å². The van der Waals surface area contributed by atoms with Gasteiger partial charge in [0.05, 0.1) is 22.0 Å². The van der Waals surface area contributed by atoms with Crippen LogP contribution in [0.15, 0.2) is 46.3 Å². The van der Waals surface area contributed by atoms with Gasteiger partial charge in [-0.2, -0.15) is 4.68 Å². The van der Waals surface area contributed by atoms with Gasteiger partial charge in [0.1, 0.15) is 0 Å². The Morgan fingerprint density at radius 3 is 2.79 bits per heavy atom. The average Bonchev–Trinajstić information content (AvgIpc) is 3.29. The van der Waals surface area contributed by atoms with Crippen LogP contribution < -0.4 is 11.0 Å². The number of thioether (sulfide) groups is 1. The Balaban J connectivity index is 1.51. The lowest BCUT2D eigenvalue weighted by atomic mass is 10.1. The van der Waals surface area contributed by atoms with Gasteiger partial charge in [-0.05, 0) is 66.6 Å². The minimum absolute atomic E-state index is 0.192. The predicted molar refractivity (Wildman–Crippen MR) is 111 cm³/mol. The highest BCUT2D eigenvalue weighted by Crippen LogP contribution is 2.26. The van der Waals surface area contributed by atoms with E-state index in [9.17, 15) is 9.59 Å². The maximum Gasteiger partial charge on any atom is 0.323 e. The second-order valence-electron chi connectivity index (χ2n) is 6.68. The first kappa shape index (κ1) is 18.9. The summed E-state index contributed by atoms with van der Waals surface area (Å²) in [7, 11) is 0. The van der Waals surface area contributed by atoms with Crippen LogP contribution in [0.1, 0.15) is 18.1 Å². The van der Waals surface area contributed by atoms with Gasteiger partial charge in [0.15, 0.2) is 0 Å². The van der Waals surface area contributed by atoms with Crippen molar-refractivity contribution in [2.75, 3.05) is 5.32 Å². The minimum atomic E-state index is -0.439. The number of rotatable bonds is 5. The van der Waals surface area contributed by atoms with E-state index in [1.807, 2.05) is 32.0 Å². The lowest BCUT2D eigenvalue weighted by molar-refractivity contribution is -0.115. The van der Waals surface area contributed by atoms with Gasteiger partial charge in [-0.1, -0.05) is 23.9 Å². The Bertz CT molecular complexity index is 1260. The molecule has 0 bridgehead atoms. The minimum Gasteiger partial charge on any atom is -0.325 e. The van der Waals surface area contributed by atoms with E-state index in [0.29, 0.717) is 21.9 Å². The quantitative estimate of drug-likeness (QED) is 0.436. The Hall–Kier alpha value is -3.40. The molecule has 0 aliphatic heterocycles. The summed E-state index contributed by atoms with van der Waals surface area (Å²) in [4.78, 5) is 29.4. The number of nitrogens with zero attached hydrogens (tertiary/aromatic N) is 4. The van der Waals surface area contributed by atoms with Crippen LogP contribution in [0, 0.1) is 13.8 Å². The number of aromatic nitrogens is 6. The van der Waals surface area contributed by atoms with E-state index in [4.69, 9.17) is 0 Å². The molecule has 0 radical (unpaired) electrons. The number of anilines is 1. The zero-order valence-electron chi connectivity index (χ0n) is 16.1. The van der Waals surface area contributed by atoms with E-state index in [-0.39, 0.29) is 11.6 Å². The first-order valence-electron chi connectivity index (χ1n) is 8.97. The van der Waals surface area contributed by atoms with Crippen LogP contribution in [-0.2, 0) is 4.79 Å². The third-order valence-electron chi connectivity index (χ3n) is 4.68. The number of imidazole rings is 1. The molecule has 2 aromatic carbocycles. The monoisotopic (exact) mass is 409 g/mol. The van der Waals surface area contributed by atoms with Gasteiger partial charge in [-0.15, -0.1) is 5.10 Å². The van der Waals surface area contributed by atoms with Crippen LogP contribution in [-0.4, -0.2) is 41.3 Å². The molecule has 0 spiro atoms. The van der Waals surface area contributed by atoms with Crippen LogP contribution in [0.25, 0.3) is 16.7 Å². The molecule has 2 aromatic heterocycles. The lowest BCUT2D eigenvalue weighted by Crippen LogP contribution is -2.23. The van der Waals surface area contributed by atoms with Crippen LogP contribution >= 0.6 is 11.8 Å². The summed E-state index contributed by atoms with van der Waals surface area (Å²) in [6, 6.07) is 11.1. The number of aryl methyl sites for hydroxylation is 1. The summed E-state index contributed by atoms with van der Waals surface area (Å²) in [6.07, 6.45) is 0.